The molecule has 0 bridgehead atoms. The molecule has 130 valence electrons. The normalized spacial score (nSPS) is 13.1. The maximum Gasteiger partial charge on any atom is 0.508 e. The van der Waals surface area contributed by atoms with Crippen LogP contribution >= 0.6 is 0 Å². The number of hydrogen-bond acceptors (Lipinski definition) is 6. The molecule has 0 aromatic heterocycles. The number of hydrogen-bond donors (Lipinski definition) is 0. The minimum atomic E-state index is -0.597. The maximum absolute atomic E-state index is 11.1. The summed E-state index contributed by atoms with van der Waals surface area (Å²) >= 11 is 0. The molecule has 0 aromatic carbocycles. The van der Waals surface area contributed by atoms with Crippen LogP contribution < -0.4 is 0 Å². The van der Waals surface area contributed by atoms with Gasteiger partial charge >= 0.3 is 12.3 Å². The van der Waals surface area contributed by atoms with E-state index < -0.39 is 12.3 Å². The van der Waals surface area contributed by atoms with Gasteiger partial charge in [-0.05, 0) is 53.4 Å². The van der Waals surface area contributed by atoms with E-state index in [-0.39, 0.29) is 12.2 Å². The Labute approximate surface area is 133 Å². The molecule has 0 aliphatic carbocycles. The van der Waals surface area contributed by atoms with E-state index in [1.165, 1.54) is 0 Å². The van der Waals surface area contributed by atoms with Crippen LogP contribution in [-0.4, -0.2) is 37.7 Å². The van der Waals surface area contributed by atoms with Crippen LogP contribution in [-0.2, 0) is 18.9 Å². The van der Waals surface area contributed by atoms with Crippen molar-refractivity contribution in [3.05, 3.63) is 0 Å². The van der Waals surface area contributed by atoms with E-state index in [1.54, 1.807) is 13.8 Å². The van der Waals surface area contributed by atoms with Gasteiger partial charge in [-0.2, -0.15) is 0 Å². The molecule has 0 rings (SSSR count). The van der Waals surface area contributed by atoms with Gasteiger partial charge in [0.1, 0.15) is 12.2 Å². The Balaban J connectivity index is 3.49. The van der Waals surface area contributed by atoms with E-state index >= 15 is 0 Å². The number of rotatable bonds is 11. The smallest absolute Gasteiger partial charge is 0.435 e. The van der Waals surface area contributed by atoms with Crippen molar-refractivity contribution in [2.24, 2.45) is 0 Å². The molecule has 6 nitrogen and oxygen atoms in total. The van der Waals surface area contributed by atoms with Crippen molar-refractivity contribution in [3.63, 3.8) is 0 Å². The highest BCUT2D eigenvalue weighted by Crippen LogP contribution is 2.12. The summed E-state index contributed by atoms with van der Waals surface area (Å²) in [6.07, 6.45) is 4.32. The highest BCUT2D eigenvalue weighted by atomic mass is 16.7. The minimum Gasteiger partial charge on any atom is -0.435 e. The molecule has 0 aliphatic rings. The van der Waals surface area contributed by atoms with Crippen LogP contribution in [0.2, 0.25) is 0 Å². The largest absolute Gasteiger partial charge is 0.508 e. The van der Waals surface area contributed by atoms with E-state index in [0.717, 1.165) is 38.5 Å². The fraction of sp³-hybridized carbons (Fsp3) is 0.875. The average Bonchev–Trinajstić information content (AvgIpc) is 2.42. The number of unbranched alkanes of at least 4 members (excludes halogenated alkanes) is 3. The highest BCUT2D eigenvalue weighted by Gasteiger charge is 2.11. The van der Waals surface area contributed by atoms with E-state index in [9.17, 15) is 9.59 Å². The first kappa shape index (κ1) is 20.5. The van der Waals surface area contributed by atoms with Crippen molar-refractivity contribution >= 4 is 12.3 Å². The first-order valence-corrected chi connectivity index (χ1v) is 8.16. The summed E-state index contributed by atoms with van der Waals surface area (Å²) in [5, 5.41) is 0. The quantitative estimate of drug-likeness (QED) is 0.414. The molecule has 0 radical (unpaired) electrons. The summed E-state index contributed by atoms with van der Waals surface area (Å²) in [6.45, 7) is 7.89. The monoisotopic (exact) mass is 318 g/mol. The number of carbonyl (C=O) groups is 2. The van der Waals surface area contributed by atoms with E-state index in [4.69, 9.17) is 18.9 Å². The van der Waals surface area contributed by atoms with Gasteiger partial charge < -0.3 is 18.9 Å². The zero-order valence-corrected chi connectivity index (χ0v) is 14.3. The molecule has 0 aromatic rings. The molecule has 0 saturated heterocycles. The number of ether oxygens (including phenoxy) is 4. The molecule has 0 aliphatic heterocycles. The zero-order chi connectivity index (χ0) is 16.8. The van der Waals surface area contributed by atoms with Gasteiger partial charge in [0.25, 0.3) is 0 Å². The van der Waals surface area contributed by atoms with Crippen LogP contribution in [0.25, 0.3) is 0 Å². The van der Waals surface area contributed by atoms with Crippen molar-refractivity contribution in [2.75, 3.05) is 13.2 Å². The second kappa shape index (κ2) is 13.2. The van der Waals surface area contributed by atoms with Gasteiger partial charge in [-0.1, -0.05) is 12.8 Å². The first-order valence-electron chi connectivity index (χ1n) is 8.16. The summed E-state index contributed by atoms with van der Waals surface area (Å²) in [5.74, 6) is 0. The summed E-state index contributed by atoms with van der Waals surface area (Å²) in [4.78, 5) is 22.2. The third-order valence-electron chi connectivity index (χ3n) is 3.09. The molecule has 0 fully saturated rings. The lowest BCUT2D eigenvalue weighted by atomic mass is 10.1. The lowest BCUT2D eigenvalue weighted by molar-refractivity contribution is 0.0267. The van der Waals surface area contributed by atoms with Crippen LogP contribution in [0.3, 0.4) is 0 Å². The SMILES string of the molecule is CCOC(=O)OC(C)CCCCCCC(C)OC(=O)OCC. The second-order valence-corrected chi connectivity index (χ2v) is 5.21. The Morgan fingerprint density at radius 1 is 0.727 bits per heavy atom. The fourth-order valence-corrected chi connectivity index (χ4v) is 1.97. The highest BCUT2D eigenvalue weighted by molar-refractivity contribution is 5.60. The fourth-order valence-electron chi connectivity index (χ4n) is 1.97. The van der Waals surface area contributed by atoms with Gasteiger partial charge in [-0.25, -0.2) is 9.59 Å². The molecule has 0 heterocycles. The summed E-state index contributed by atoms with van der Waals surface area (Å²) < 4.78 is 19.6. The van der Waals surface area contributed by atoms with Gasteiger partial charge in [0, 0.05) is 0 Å². The van der Waals surface area contributed by atoms with Crippen LogP contribution in [0, 0.1) is 0 Å². The van der Waals surface area contributed by atoms with Crippen molar-refractivity contribution in [1.29, 1.82) is 0 Å². The molecular weight excluding hydrogens is 288 g/mol. The summed E-state index contributed by atoms with van der Waals surface area (Å²) in [7, 11) is 0. The van der Waals surface area contributed by atoms with Gasteiger partial charge in [0.15, 0.2) is 0 Å². The van der Waals surface area contributed by atoms with Crippen LogP contribution in [0.1, 0.15) is 66.2 Å². The first-order chi connectivity index (χ1) is 10.5. The Morgan fingerprint density at radius 3 is 1.41 bits per heavy atom. The lowest BCUT2D eigenvalue weighted by Crippen LogP contribution is -2.16. The number of carbonyl (C=O) groups excluding carboxylic acids is 2. The van der Waals surface area contributed by atoms with Gasteiger partial charge in [0.2, 0.25) is 0 Å². The van der Waals surface area contributed by atoms with Gasteiger partial charge in [0.05, 0.1) is 13.2 Å². The maximum atomic E-state index is 11.1. The molecule has 0 spiro atoms. The van der Waals surface area contributed by atoms with Crippen LogP contribution in [0.15, 0.2) is 0 Å². The van der Waals surface area contributed by atoms with E-state index in [1.807, 2.05) is 13.8 Å². The van der Waals surface area contributed by atoms with Crippen molar-refractivity contribution < 1.29 is 28.5 Å². The van der Waals surface area contributed by atoms with Crippen LogP contribution in [0.4, 0.5) is 9.59 Å². The van der Waals surface area contributed by atoms with Crippen molar-refractivity contribution in [3.8, 4) is 0 Å². The summed E-state index contributed by atoms with van der Waals surface area (Å²) in [5.41, 5.74) is 0. The Morgan fingerprint density at radius 2 is 1.09 bits per heavy atom. The van der Waals surface area contributed by atoms with E-state index in [0.29, 0.717) is 13.2 Å². The zero-order valence-electron chi connectivity index (χ0n) is 14.3. The molecule has 2 unspecified atom stereocenters. The predicted molar refractivity (Wildman–Crippen MR) is 82.8 cm³/mol. The molecule has 0 saturated carbocycles. The standard InChI is InChI=1S/C16H30O6/c1-5-19-15(17)21-13(3)11-9-7-8-10-12-14(4)22-16(18)20-6-2/h13-14H,5-12H2,1-4H3. The molecule has 6 heteroatoms. The van der Waals surface area contributed by atoms with Crippen molar-refractivity contribution in [2.45, 2.75) is 78.4 Å². The predicted octanol–water partition coefficient (Wildman–Crippen LogP) is 4.45. The molecule has 0 amide bonds. The third kappa shape index (κ3) is 12.3. The Bertz CT molecular complexity index is 275. The minimum absolute atomic E-state index is 0.120. The van der Waals surface area contributed by atoms with Gasteiger partial charge in [-0.15, -0.1) is 0 Å². The van der Waals surface area contributed by atoms with Gasteiger partial charge in [-0.3, -0.25) is 0 Å². The summed E-state index contributed by atoms with van der Waals surface area (Å²) in [6, 6.07) is 0. The van der Waals surface area contributed by atoms with E-state index in [2.05, 4.69) is 0 Å². The molecule has 0 N–H and O–H groups in total. The van der Waals surface area contributed by atoms with Crippen LogP contribution in [0.5, 0.6) is 0 Å². The molecule has 22 heavy (non-hydrogen) atoms. The molecule has 2 atom stereocenters. The topological polar surface area (TPSA) is 71.1 Å². The molecular formula is C16H30O6. The second-order valence-electron chi connectivity index (χ2n) is 5.21. The Hall–Kier alpha value is -1.46. The average molecular weight is 318 g/mol. The lowest BCUT2D eigenvalue weighted by Gasteiger charge is -2.13. The van der Waals surface area contributed by atoms with Crippen molar-refractivity contribution in [1.82, 2.24) is 0 Å². The Kier molecular flexibility index (Phi) is 12.3. The third-order valence-corrected chi connectivity index (χ3v) is 3.09.